The second-order valence-electron chi connectivity index (χ2n) is 6.46. The zero-order valence-corrected chi connectivity index (χ0v) is 16.1. The van der Waals surface area contributed by atoms with Crippen LogP contribution >= 0.6 is 0 Å². The Balaban J connectivity index is 1.57. The molecule has 0 aliphatic heterocycles. The molecule has 0 saturated carbocycles. The molecule has 2 heterocycles. The van der Waals surface area contributed by atoms with E-state index in [1.165, 1.54) is 0 Å². The molecule has 0 saturated heterocycles. The minimum absolute atomic E-state index is 0.0241. The summed E-state index contributed by atoms with van der Waals surface area (Å²) in [6.45, 7) is 1.26. The molecule has 0 bridgehead atoms. The van der Waals surface area contributed by atoms with Gasteiger partial charge in [0.2, 0.25) is 0 Å². The fraction of sp³-hybridized carbons (Fsp3) is 0.227. The summed E-state index contributed by atoms with van der Waals surface area (Å²) in [4.78, 5) is 22.8. The number of carbonyl (C=O) groups excluding carboxylic acids is 1. The van der Waals surface area contributed by atoms with Gasteiger partial charge in [-0.1, -0.05) is 12.1 Å². The molecule has 6 heteroatoms. The largest absolute Gasteiger partial charge is 0.497 e. The van der Waals surface area contributed by atoms with E-state index in [9.17, 15) is 4.79 Å². The first-order valence-corrected chi connectivity index (χ1v) is 9.13. The third-order valence-corrected chi connectivity index (χ3v) is 4.47. The molecule has 0 aliphatic rings. The summed E-state index contributed by atoms with van der Waals surface area (Å²) in [6.07, 6.45) is 5.97. The molecule has 0 atom stereocenters. The number of rotatable bonds is 8. The van der Waals surface area contributed by atoms with E-state index in [2.05, 4.69) is 15.3 Å². The number of anilines is 1. The maximum Gasteiger partial charge on any atom is 0.253 e. The maximum atomic E-state index is 12.7. The molecule has 1 N–H and O–H groups in total. The third-order valence-electron chi connectivity index (χ3n) is 4.47. The Hall–Kier alpha value is -3.41. The molecule has 0 spiro atoms. The topological polar surface area (TPSA) is 67.3 Å². The van der Waals surface area contributed by atoms with Gasteiger partial charge in [-0.3, -0.25) is 9.78 Å². The molecule has 0 unspecified atom stereocenters. The molecule has 0 fully saturated rings. The maximum absolute atomic E-state index is 12.7. The number of pyridine rings is 2. The van der Waals surface area contributed by atoms with E-state index >= 15 is 0 Å². The van der Waals surface area contributed by atoms with Gasteiger partial charge in [0.1, 0.15) is 11.6 Å². The zero-order chi connectivity index (χ0) is 19.8. The molecule has 0 aliphatic carbocycles. The Morgan fingerprint density at radius 1 is 1.04 bits per heavy atom. The van der Waals surface area contributed by atoms with Crippen molar-refractivity contribution in [3.8, 4) is 5.75 Å². The molecule has 144 valence electrons. The van der Waals surface area contributed by atoms with Crippen LogP contribution in [0.15, 0.2) is 67.1 Å². The van der Waals surface area contributed by atoms with Crippen LogP contribution in [0.2, 0.25) is 0 Å². The van der Waals surface area contributed by atoms with E-state index in [0.717, 1.165) is 23.3 Å². The number of likely N-dealkylation sites (N-methyl/N-ethyl adjacent to an activating group) is 1. The molecule has 3 aromatic rings. The lowest BCUT2D eigenvalue weighted by Crippen LogP contribution is -2.29. The van der Waals surface area contributed by atoms with Crippen molar-refractivity contribution in [2.75, 3.05) is 26.0 Å². The van der Waals surface area contributed by atoms with Gasteiger partial charge in [-0.2, -0.15) is 0 Å². The first kappa shape index (κ1) is 19.4. The van der Waals surface area contributed by atoms with Gasteiger partial charge >= 0.3 is 0 Å². The number of amides is 1. The Bertz CT molecular complexity index is 898. The number of carbonyl (C=O) groups is 1. The van der Waals surface area contributed by atoms with Gasteiger partial charge in [0, 0.05) is 44.3 Å². The molecular weight excluding hydrogens is 352 g/mol. The molecule has 1 amide bonds. The summed E-state index contributed by atoms with van der Waals surface area (Å²) >= 11 is 0. The molecule has 28 heavy (non-hydrogen) atoms. The van der Waals surface area contributed by atoms with Crippen LogP contribution in [-0.2, 0) is 13.0 Å². The van der Waals surface area contributed by atoms with Crippen molar-refractivity contribution in [1.82, 2.24) is 14.9 Å². The molecule has 3 rings (SSSR count). The molecule has 0 radical (unpaired) electrons. The first-order valence-electron chi connectivity index (χ1n) is 9.13. The van der Waals surface area contributed by atoms with Crippen LogP contribution in [0.4, 0.5) is 5.82 Å². The minimum Gasteiger partial charge on any atom is -0.497 e. The monoisotopic (exact) mass is 376 g/mol. The summed E-state index contributed by atoms with van der Waals surface area (Å²) in [5.41, 5.74) is 2.88. The summed E-state index contributed by atoms with van der Waals surface area (Å²) in [6, 6.07) is 15.3. The van der Waals surface area contributed by atoms with Crippen molar-refractivity contribution in [3.63, 3.8) is 0 Å². The van der Waals surface area contributed by atoms with Crippen LogP contribution in [0.3, 0.4) is 0 Å². The van der Waals surface area contributed by atoms with Crippen LogP contribution in [0.25, 0.3) is 0 Å². The fourth-order valence-electron chi connectivity index (χ4n) is 2.76. The SMILES string of the molecule is COc1ccc(CNc2cc(C(=O)N(C)CCc3ccncc3)ccn2)cc1. The van der Waals surface area contributed by atoms with E-state index in [1.807, 2.05) is 43.4 Å². The average Bonchev–Trinajstić information content (AvgIpc) is 2.76. The van der Waals surface area contributed by atoms with Crippen LogP contribution in [0.5, 0.6) is 5.75 Å². The number of nitrogens with zero attached hydrogens (tertiary/aromatic N) is 3. The Labute approximate surface area is 165 Å². The van der Waals surface area contributed by atoms with Crippen molar-refractivity contribution >= 4 is 11.7 Å². The van der Waals surface area contributed by atoms with Crippen LogP contribution in [-0.4, -0.2) is 41.5 Å². The van der Waals surface area contributed by atoms with Crippen molar-refractivity contribution < 1.29 is 9.53 Å². The van der Waals surface area contributed by atoms with E-state index in [1.54, 1.807) is 42.7 Å². The first-order chi connectivity index (χ1) is 13.7. The second kappa shape index (κ2) is 9.50. The number of benzene rings is 1. The number of methoxy groups -OCH3 is 1. The normalized spacial score (nSPS) is 10.4. The smallest absolute Gasteiger partial charge is 0.253 e. The summed E-state index contributed by atoms with van der Waals surface area (Å²) in [7, 11) is 3.46. The quantitative estimate of drug-likeness (QED) is 0.653. The molecule has 6 nitrogen and oxygen atoms in total. The van der Waals surface area contributed by atoms with Gasteiger partial charge in [0.05, 0.1) is 7.11 Å². The Kier molecular flexibility index (Phi) is 6.57. The highest BCUT2D eigenvalue weighted by atomic mass is 16.5. The summed E-state index contributed by atoms with van der Waals surface area (Å²) < 4.78 is 5.17. The van der Waals surface area contributed by atoms with E-state index in [4.69, 9.17) is 4.74 Å². The number of ether oxygens (including phenoxy) is 1. The van der Waals surface area contributed by atoms with E-state index in [0.29, 0.717) is 24.5 Å². The minimum atomic E-state index is -0.0241. The Morgan fingerprint density at radius 3 is 2.50 bits per heavy atom. The zero-order valence-electron chi connectivity index (χ0n) is 16.1. The summed E-state index contributed by atoms with van der Waals surface area (Å²) in [5, 5.41) is 3.26. The van der Waals surface area contributed by atoms with Gasteiger partial charge < -0.3 is 15.0 Å². The second-order valence-corrected chi connectivity index (χ2v) is 6.46. The molecule has 1 aromatic carbocycles. The third kappa shape index (κ3) is 5.30. The van der Waals surface area contributed by atoms with Crippen molar-refractivity contribution in [2.45, 2.75) is 13.0 Å². The van der Waals surface area contributed by atoms with Crippen molar-refractivity contribution in [2.24, 2.45) is 0 Å². The van der Waals surface area contributed by atoms with Gasteiger partial charge in [-0.25, -0.2) is 4.98 Å². The fourth-order valence-corrected chi connectivity index (χ4v) is 2.76. The standard InChI is InChI=1S/C22H24N4O2/c1-26(14-10-17-7-11-23-12-8-17)22(27)19-9-13-24-21(15-19)25-16-18-3-5-20(28-2)6-4-18/h3-9,11-13,15H,10,14,16H2,1-2H3,(H,24,25). The number of nitrogens with one attached hydrogen (secondary N) is 1. The van der Waals surface area contributed by atoms with Crippen LogP contribution < -0.4 is 10.1 Å². The predicted octanol–water partition coefficient (Wildman–Crippen LogP) is 3.41. The number of hydrogen-bond donors (Lipinski definition) is 1. The highest BCUT2D eigenvalue weighted by Crippen LogP contribution is 2.14. The average molecular weight is 376 g/mol. The highest BCUT2D eigenvalue weighted by Gasteiger charge is 2.12. The van der Waals surface area contributed by atoms with Crippen molar-refractivity contribution in [3.05, 3.63) is 83.8 Å². The van der Waals surface area contributed by atoms with Crippen molar-refractivity contribution in [1.29, 1.82) is 0 Å². The lowest BCUT2D eigenvalue weighted by atomic mass is 10.1. The number of aromatic nitrogens is 2. The number of hydrogen-bond acceptors (Lipinski definition) is 5. The molecule has 2 aromatic heterocycles. The van der Waals surface area contributed by atoms with Crippen LogP contribution in [0.1, 0.15) is 21.5 Å². The lowest BCUT2D eigenvalue weighted by Gasteiger charge is -2.17. The van der Waals surface area contributed by atoms with E-state index in [-0.39, 0.29) is 5.91 Å². The Morgan fingerprint density at radius 2 is 1.79 bits per heavy atom. The van der Waals surface area contributed by atoms with Gasteiger partial charge in [0.25, 0.3) is 5.91 Å². The lowest BCUT2D eigenvalue weighted by molar-refractivity contribution is 0.0796. The predicted molar refractivity (Wildman–Crippen MR) is 109 cm³/mol. The van der Waals surface area contributed by atoms with Gasteiger partial charge in [-0.05, 0) is 53.9 Å². The van der Waals surface area contributed by atoms with Gasteiger partial charge in [0.15, 0.2) is 0 Å². The highest BCUT2D eigenvalue weighted by molar-refractivity contribution is 5.94. The van der Waals surface area contributed by atoms with E-state index < -0.39 is 0 Å². The van der Waals surface area contributed by atoms with Crippen LogP contribution in [0, 0.1) is 0 Å². The van der Waals surface area contributed by atoms with Gasteiger partial charge in [-0.15, -0.1) is 0 Å². The molecular formula is C22H24N4O2. The summed E-state index contributed by atoms with van der Waals surface area (Å²) in [5.74, 6) is 1.47.